The summed E-state index contributed by atoms with van der Waals surface area (Å²) in [5, 5.41) is 9.21. The third-order valence-corrected chi connectivity index (χ3v) is 5.59. The number of aliphatic carboxylic acids is 1. The average Bonchev–Trinajstić information content (AvgIpc) is 2.54. The van der Waals surface area contributed by atoms with Gasteiger partial charge < -0.3 is 9.84 Å². The quantitative estimate of drug-likeness (QED) is 0.819. The summed E-state index contributed by atoms with van der Waals surface area (Å²) < 4.78 is 31.5. The molecule has 0 aromatic heterocycles. The van der Waals surface area contributed by atoms with E-state index in [4.69, 9.17) is 33.0 Å². The highest BCUT2D eigenvalue weighted by molar-refractivity contribution is 7.93. The molecule has 0 atom stereocenters. The minimum Gasteiger partial charge on any atom is -0.497 e. The number of carbonyl (C=O) groups is 1. The molecular formula is C15H13Cl2NO5S. The fourth-order valence-electron chi connectivity index (χ4n) is 1.98. The zero-order valence-electron chi connectivity index (χ0n) is 12.4. The van der Waals surface area contributed by atoms with Crippen LogP contribution in [-0.2, 0) is 14.8 Å². The van der Waals surface area contributed by atoms with Crippen LogP contribution in [0.2, 0.25) is 10.0 Å². The lowest BCUT2D eigenvalue weighted by atomic mass is 10.3. The monoisotopic (exact) mass is 389 g/mol. The number of hydrogen-bond donors (Lipinski definition) is 1. The summed E-state index contributed by atoms with van der Waals surface area (Å²) in [6.45, 7) is -0.766. The molecule has 0 aliphatic rings. The zero-order valence-corrected chi connectivity index (χ0v) is 14.8. The molecule has 0 aliphatic carbocycles. The van der Waals surface area contributed by atoms with Crippen LogP contribution in [0.15, 0.2) is 47.4 Å². The van der Waals surface area contributed by atoms with Gasteiger partial charge >= 0.3 is 5.97 Å². The Morgan fingerprint density at radius 2 is 1.79 bits per heavy atom. The van der Waals surface area contributed by atoms with Gasteiger partial charge in [-0.05, 0) is 42.5 Å². The normalized spacial score (nSPS) is 11.1. The molecule has 2 rings (SSSR count). The molecule has 0 unspecified atom stereocenters. The summed E-state index contributed by atoms with van der Waals surface area (Å²) >= 11 is 11.8. The van der Waals surface area contributed by atoms with E-state index in [0.29, 0.717) is 5.75 Å². The minimum absolute atomic E-state index is 0.0525. The molecule has 0 heterocycles. The first kappa shape index (κ1) is 18.4. The van der Waals surface area contributed by atoms with Crippen molar-refractivity contribution in [2.45, 2.75) is 4.90 Å². The Balaban J connectivity index is 2.57. The van der Waals surface area contributed by atoms with Crippen LogP contribution >= 0.6 is 23.2 Å². The molecule has 0 fully saturated rings. The van der Waals surface area contributed by atoms with Gasteiger partial charge in [0.15, 0.2) is 0 Å². The Kier molecular flexibility index (Phi) is 5.58. The van der Waals surface area contributed by atoms with Crippen molar-refractivity contribution in [3.63, 3.8) is 0 Å². The number of benzene rings is 2. The van der Waals surface area contributed by atoms with Crippen molar-refractivity contribution in [1.82, 2.24) is 0 Å². The van der Waals surface area contributed by atoms with Gasteiger partial charge in [0.25, 0.3) is 10.0 Å². The number of ether oxygens (including phenoxy) is 1. The van der Waals surface area contributed by atoms with Crippen molar-refractivity contribution < 1.29 is 23.1 Å². The van der Waals surface area contributed by atoms with E-state index in [1.807, 2.05) is 0 Å². The van der Waals surface area contributed by atoms with Gasteiger partial charge in [0, 0.05) is 5.02 Å². The first-order valence-corrected chi connectivity index (χ1v) is 8.79. The molecule has 24 heavy (non-hydrogen) atoms. The molecule has 0 saturated heterocycles. The SMILES string of the molecule is COc1ccc(N(CC(=O)O)S(=O)(=O)c2cc(Cl)ccc2Cl)cc1. The van der Waals surface area contributed by atoms with Gasteiger partial charge in [0.05, 0.1) is 17.8 Å². The number of nitrogens with zero attached hydrogens (tertiary/aromatic N) is 1. The number of anilines is 1. The topological polar surface area (TPSA) is 83.9 Å². The van der Waals surface area contributed by atoms with Crippen molar-refractivity contribution in [1.29, 1.82) is 0 Å². The van der Waals surface area contributed by atoms with Crippen molar-refractivity contribution in [3.8, 4) is 5.75 Å². The van der Waals surface area contributed by atoms with Crippen molar-refractivity contribution >= 4 is 44.9 Å². The van der Waals surface area contributed by atoms with E-state index in [2.05, 4.69) is 0 Å². The van der Waals surface area contributed by atoms with E-state index in [1.54, 1.807) is 0 Å². The van der Waals surface area contributed by atoms with Crippen LogP contribution in [0.4, 0.5) is 5.69 Å². The van der Waals surface area contributed by atoms with E-state index < -0.39 is 22.5 Å². The standard InChI is InChI=1S/C15H13Cl2NO5S/c1-23-12-5-3-11(4-6-12)18(9-15(19)20)24(21,22)14-8-10(16)2-7-13(14)17/h2-8H,9H2,1H3,(H,19,20). The van der Waals surface area contributed by atoms with Gasteiger partial charge in [-0.2, -0.15) is 0 Å². The number of carboxylic acid groups (broad SMARTS) is 1. The third-order valence-electron chi connectivity index (χ3n) is 3.10. The minimum atomic E-state index is -4.23. The largest absolute Gasteiger partial charge is 0.497 e. The first-order chi connectivity index (χ1) is 11.3. The molecule has 0 bridgehead atoms. The number of hydrogen-bond acceptors (Lipinski definition) is 4. The Morgan fingerprint density at radius 3 is 2.33 bits per heavy atom. The van der Waals surface area contributed by atoms with Crippen LogP contribution in [-0.4, -0.2) is 33.1 Å². The van der Waals surface area contributed by atoms with Gasteiger partial charge in [0.2, 0.25) is 0 Å². The molecular weight excluding hydrogens is 377 g/mol. The van der Waals surface area contributed by atoms with E-state index in [1.165, 1.54) is 49.6 Å². The van der Waals surface area contributed by atoms with Crippen LogP contribution in [0.1, 0.15) is 0 Å². The number of halogens is 2. The molecule has 2 aromatic rings. The van der Waals surface area contributed by atoms with Gasteiger partial charge in [-0.3, -0.25) is 9.10 Å². The van der Waals surface area contributed by atoms with Gasteiger partial charge in [-0.15, -0.1) is 0 Å². The Labute approximate surface area is 149 Å². The zero-order chi connectivity index (χ0) is 17.9. The summed E-state index contributed by atoms with van der Waals surface area (Å²) in [5.41, 5.74) is 0.161. The molecule has 0 amide bonds. The highest BCUT2D eigenvalue weighted by Gasteiger charge is 2.29. The predicted octanol–water partition coefficient (Wildman–Crippen LogP) is 3.28. The van der Waals surface area contributed by atoms with Crippen LogP contribution < -0.4 is 9.04 Å². The highest BCUT2D eigenvalue weighted by atomic mass is 35.5. The second-order valence-corrected chi connectivity index (χ2v) is 7.35. The third kappa shape index (κ3) is 3.92. The summed E-state index contributed by atoms with van der Waals surface area (Å²) in [7, 11) is -2.76. The maximum Gasteiger partial charge on any atom is 0.324 e. The number of sulfonamides is 1. The van der Waals surface area contributed by atoms with Gasteiger partial charge in [-0.25, -0.2) is 8.42 Å². The lowest BCUT2D eigenvalue weighted by Crippen LogP contribution is -2.35. The smallest absolute Gasteiger partial charge is 0.324 e. The fraction of sp³-hybridized carbons (Fsp3) is 0.133. The van der Waals surface area contributed by atoms with E-state index in [0.717, 1.165) is 4.31 Å². The van der Waals surface area contributed by atoms with Crippen molar-refractivity contribution in [2.24, 2.45) is 0 Å². The summed E-state index contributed by atoms with van der Waals surface area (Å²) in [6.07, 6.45) is 0. The first-order valence-electron chi connectivity index (χ1n) is 6.59. The molecule has 2 aromatic carbocycles. The number of carboxylic acids is 1. The number of methoxy groups -OCH3 is 1. The maximum atomic E-state index is 12.9. The van der Waals surface area contributed by atoms with E-state index in [9.17, 15) is 13.2 Å². The lowest BCUT2D eigenvalue weighted by Gasteiger charge is -2.23. The van der Waals surface area contributed by atoms with Gasteiger partial charge in [0.1, 0.15) is 17.2 Å². The van der Waals surface area contributed by atoms with Crippen LogP contribution in [0.5, 0.6) is 5.75 Å². The average molecular weight is 390 g/mol. The molecule has 0 spiro atoms. The lowest BCUT2D eigenvalue weighted by molar-refractivity contribution is -0.135. The molecule has 0 aliphatic heterocycles. The number of rotatable bonds is 6. The van der Waals surface area contributed by atoms with Crippen LogP contribution in [0, 0.1) is 0 Å². The second kappa shape index (κ2) is 7.29. The van der Waals surface area contributed by atoms with Crippen molar-refractivity contribution in [2.75, 3.05) is 18.0 Å². The maximum absolute atomic E-state index is 12.9. The fourth-order valence-corrected chi connectivity index (χ4v) is 4.13. The Bertz CT molecular complexity index is 853. The van der Waals surface area contributed by atoms with E-state index in [-0.39, 0.29) is 20.6 Å². The second-order valence-electron chi connectivity index (χ2n) is 4.68. The highest BCUT2D eigenvalue weighted by Crippen LogP contribution is 2.31. The summed E-state index contributed by atoms with van der Waals surface area (Å²) in [4.78, 5) is 10.9. The molecule has 128 valence electrons. The summed E-state index contributed by atoms with van der Waals surface area (Å²) in [5.74, 6) is -0.806. The molecule has 9 heteroatoms. The molecule has 6 nitrogen and oxygen atoms in total. The summed E-state index contributed by atoms with van der Waals surface area (Å²) in [6, 6.07) is 9.90. The predicted molar refractivity (Wildman–Crippen MR) is 91.6 cm³/mol. The van der Waals surface area contributed by atoms with Crippen LogP contribution in [0.3, 0.4) is 0 Å². The van der Waals surface area contributed by atoms with E-state index >= 15 is 0 Å². The van der Waals surface area contributed by atoms with Crippen molar-refractivity contribution in [3.05, 3.63) is 52.5 Å². The molecule has 0 saturated carbocycles. The van der Waals surface area contributed by atoms with Crippen LogP contribution in [0.25, 0.3) is 0 Å². The van der Waals surface area contributed by atoms with Gasteiger partial charge in [-0.1, -0.05) is 23.2 Å². The molecule has 1 N–H and O–H groups in total. The Hall–Kier alpha value is -1.96. The Morgan fingerprint density at radius 1 is 1.17 bits per heavy atom. The molecule has 0 radical (unpaired) electrons.